The first-order valence-corrected chi connectivity index (χ1v) is 11.5. The van der Waals surface area contributed by atoms with Crippen LogP contribution < -0.4 is 10.1 Å². The number of carbonyl (C=O) groups excluding carboxylic acids is 1. The highest BCUT2D eigenvalue weighted by molar-refractivity contribution is 6.31. The van der Waals surface area contributed by atoms with E-state index in [1.54, 1.807) is 6.20 Å². The van der Waals surface area contributed by atoms with Gasteiger partial charge in [-0.05, 0) is 60.9 Å². The van der Waals surface area contributed by atoms with Gasteiger partial charge in [0, 0.05) is 35.4 Å². The van der Waals surface area contributed by atoms with Crippen LogP contribution in [0.25, 0.3) is 10.9 Å². The smallest absolute Gasteiger partial charge is 0.257 e. The maximum Gasteiger partial charge on any atom is 0.257 e. The fourth-order valence-electron chi connectivity index (χ4n) is 4.07. The Hall–Kier alpha value is -3.57. The molecular formula is C27H24ClN3O2. The van der Waals surface area contributed by atoms with E-state index >= 15 is 0 Å². The van der Waals surface area contributed by atoms with E-state index < -0.39 is 0 Å². The van der Waals surface area contributed by atoms with Crippen LogP contribution in [0.15, 0.2) is 79.0 Å². The molecule has 1 amide bonds. The van der Waals surface area contributed by atoms with Crippen molar-refractivity contribution in [3.8, 4) is 5.75 Å². The zero-order valence-corrected chi connectivity index (χ0v) is 18.9. The Morgan fingerprint density at radius 3 is 2.52 bits per heavy atom. The average molecular weight is 458 g/mol. The van der Waals surface area contributed by atoms with Crippen molar-refractivity contribution in [2.75, 3.05) is 18.4 Å². The lowest BCUT2D eigenvalue weighted by Crippen LogP contribution is -2.28. The van der Waals surface area contributed by atoms with Crippen molar-refractivity contribution in [3.63, 3.8) is 0 Å². The number of fused-ring (bicyclic) bond motifs is 1. The second-order valence-electron chi connectivity index (χ2n) is 8.13. The number of amides is 1. The SMILES string of the molecule is O=C(c1cnc2ccc(Cl)cc2c1Nc1ccc(OCc2ccccc2)cc1)N1CCCC1. The first-order chi connectivity index (χ1) is 16.2. The molecule has 6 heteroatoms. The first-order valence-electron chi connectivity index (χ1n) is 11.1. The molecule has 0 bridgehead atoms. The van der Waals surface area contributed by atoms with Gasteiger partial charge in [0.1, 0.15) is 12.4 Å². The molecule has 0 spiro atoms. The van der Waals surface area contributed by atoms with E-state index in [1.165, 1.54) is 0 Å². The van der Waals surface area contributed by atoms with Gasteiger partial charge in [-0.15, -0.1) is 0 Å². The molecule has 0 radical (unpaired) electrons. The highest BCUT2D eigenvalue weighted by Crippen LogP contribution is 2.33. The summed E-state index contributed by atoms with van der Waals surface area (Å²) < 4.78 is 5.90. The van der Waals surface area contributed by atoms with Crippen molar-refractivity contribution in [1.29, 1.82) is 0 Å². The molecule has 1 saturated heterocycles. The van der Waals surface area contributed by atoms with Crippen molar-refractivity contribution >= 4 is 39.8 Å². The molecule has 1 fully saturated rings. The molecule has 166 valence electrons. The van der Waals surface area contributed by atoms with E-state index in [1.807, 2.05) is 77.7 Å². The molecule has 0 aliphatic carbocycles. The number of benzene rings is 3. The molecule has 0 atom stereocenters. The molecule has 1 aromatic heterocycles. The number of halogens is 1. The van der Waals surface area contributed by atoms with Crippen molar-refractivity contribution < 1.29 is 9.53 Å². The third kappa shape index (κ3) is 4.78. The van der Waals surface area contributed by atoms with Crippen LogP contribution in [0.5, 0.6) is 5.75 Å². The number of pyridine rings is 1. The lowest BCUT2D eigenvalue weighted by molar-refractivity contribution is 0.0793. The maximum atomic E-state index is 13.3. The normalized spacial score (nSPS) is 13.3. The molecule has 1 aliphatic rings. The molecular weight excluding hydrogens is 434 g/mol. The summed E-state index contributed by atoms with van der Waals surface area (Å²) >= 11 is 6.29. The number of anilines is 2. The number of nitrogens with zero attached hydrogens (tertiary/aromatic N) is 2. The summed E-state index contributed by atoms with van der Waals surface area (Å²) in [6.07, 6.45) is 3.73. The number of nitrogens with one attached hydrogen (secondary N) is 1. The number of hydrogen-bond donors (Lipinski definition) is 1. The molecule has 0 unspecified atom stereocenters. The van der Waals surface area contributed by atoms with Crippen molar-refractivity contribution in [2.45, 2.75) is 19.4 Å². The Morgan fingerprint density at radius 2 is 1.76 bits per heavy atom. The molecule has 5 nitrogen and oxygen atoms in total. The van der Waals surface area contributed by atoms with Crippen molar-refractivity contribution in [3.05, 3.63) is 95.1 Å². The lowest BCUT2D eigenvalue weighted by Gasteiger charge is -2.20. The number of likely N-dealkylation sites (tertiary alicyclic amines) is 1. The van der Waals surface area contributed by atoms with Gasteiger partial charge in [0.05, 0.1) is 16.8 Å². The highest BCUT2D eigenvalue weighted by Gasteiger charge is 2.24. The summed E-state index contributed by atoms with van der Waals surface area (Å²) in [5.74, 6) is 0.771. The van der Waals surface area contributed by atoms with Crippen LogP contribution in [-0.2, 0) is 6.61 Å². The van der Waals surface area contributed by atoms with Gasteiger partial charge in [-0.1, -0.05) is 41.9 Å². The van der Waals surface area contributed by atoms with Gasteiger partial charge >= 0.3 is 0 Å². The Kier molecular flexibility index (Phi) is 6.13. The van der Waals surface area contributed by atoms with Crippen LogP contribution in [-0.4, -0.2) is 28.9 Å². The molecule has 1 aliphatic heterocycles. The van der Waals surface area contributed by atoms with Gasteiger partial charge in [0.15, 0.2) is 0 Å². The molecule has 3 aromatic carbocycles. The van der Waals surface area contributed by atoms with Crippen LogP contribution in [0.3, 0.4) is 0 Å². The van der Waals surface area contributed by atoms with Crippen LogP contribution in [0.2, 0.25) is 5.02 Å². The Balaban J connectivity index is 1.42. The van der Waals surface area contributed by atoms with Crippen LogP contribution in [0.1, 0.15) is 28.8 Å². The topological polar surface area (TPSA) is 54.5 Å². The van der Waals surface area contributed by atoms with Gasteiger partial charge in [0.25, 0.3) is 5.91 Å². The number of ether oxygens (including phenoxy) is 1. The fraction of sp³-hybridized carbons (Fsp3) is 0.185. The van der Waals surface area contributed by atoms with Gasteiger partial charge in [-0.2, -0.15) is 0 Å². The quantitative estimate of drug-likeness (QED) is 0.361. The van der Waals surface area contributed by atoms with Crippen molar-refractivity contribution in [2.24, 2.45) is 0 Å². The van der Waals surface area contributed by atoms with E-state index in [9.17, 15) is 4.79 Å². The number of aromatic nitrogens is 1. The van der Waals surface area contributed by atoms with Gasteiger partial charge in [-0.25, -0.2) is 0 Å². The third-order valence-electron chi connectivity index (χ3n) is 5.83. The molecule has 33 heavy (non-hydrogen) atoms. The van der Waals surface area contributed by atoms with Gasteiger partial charge in [0.2, 0.25) is 0 Å². The van der Waals surface area contributed by atoms with Crippen LogP contribution in [0.4, 0.5) is 11.4 Å². The third-order valence-corrected chi connectivity index (χ3v) is 6.06. The summed E-state index contributed by atoms with van der Waals surface area (Å²) in [5, 5.41) is 4.86. The summed E-state index contributed by atoms with van der Waals surface area (Å²) in [4.78, 5) is 19.7. The van der Waals surface area contributed by atoms with E-state index in [0.717, 1.165) is 59.5 Å². The second kappa shape index (κ2) is 9.51. The molecule has 1 N–H and O–H groups in total. The summed E-state index contributed by atoms with van der Waals surface area (Å²) in [6, 6.07) is 23.3. The summed E-state index contributed by atoms with van der Waals surface area (Å²) in [7, 11) is 0. The zero-order chi connectivity index (χ0) is 22.6. The average Bonchev–Trinajstić information content (AvgIpc) is 3.39. The Labute approximate surface area is 198 Å². The molecule has 0 saturated carbocycles. The molecule has 2 heterocycles. The monoisotopic (exact) mass is 457 g/mol. The second-order valence-corrected chi connectivity index (χ2v) is 8.57. The number of rotatable bonds is 6. The standard InChI is InChI=1S/C27H24ClN3O2/c28-20-8-13-25-23(16-20)26(24(17-29-25)27(32)31-14-4-5-15-31)30-21-9-11-22(12-10-21)33-18-19-6-2-1-3-7-19/h1-3,6-13,16-17H,4-5,14-15,18H2,(H,29,30). The maximum absolute atomic E-state index is 13.3. The van der Waals surface area contributed by atoms with Crippen molar-refractivity contribution in [1.82, 2.24) is 9.88 Å². The highest BCUT2D eigenvalue weighted by atomic mass is 35.5. The molecule has 5 rings (SSSR count). The number of hydrogen-bond acceptors (Lipinski definition) is 4. The minimum absolute atomic E-state index is 0.00723. The van der Waals surface area contributed by atoms with E-state index in [0.29, 0.717) is 17.2 Å². The van der Waals surface area contributed by atoms with Crippen LogP contribution >= 0.6 is 11.6 Å². The van der Waals surface area contributed by atoms with Crippen LogP contribution in [0, 0.1) is 0 Å². The Morgan fingerprint density at radius 1 is 1.00 bits per heavy atom. The minimum Gasteiger partial charge on any atom is -0.489 e. The largest absolute Gasteiger partial charge is 0.489 e. The van der Waals surface area contributed by atoms with Gasteiger partial charge < -0.3 is 15.0 Å². The van der Waals surface area contributed by atoms with Gasteiger partial charge in [-0.3, -0.25) is 9.78 Å². The lowest BCUT2D eigenvalue weighted by atomic mass is 10.1. The van der Waals surface area contributed by atoms with E-state index in [-0.39, 0.29) is 5.91 Å². The number of carbonyl (C=O) groups is 1. The summed E-state index contributed by atoms with van der Waals surface area (Å²) in [5.41, 5.74) is 4.02. The Bertz CT molecular complexity index is 1270. The predicted molar refractivity (Wildman–Crippen MR) is 132 cm³/mol. The first kappa shape index (κ1) is 21.3. The fourth-order valence-corrected chi connectivity index (χ4v) is 4.24. The summed E-state index contributed by atoms with van der Waals surface area (Å²) in [6.45, 7) is 2.06. The van der Waals surface area contributed by atoms with E-state index in [4.69, 9.17) is 16.3 Å². The van der Waals surface area contributed by atoms with E-state index in [2.05, 4.69) is 10.3 Å². The molecule has 4 aromatic rings. The zero-order valence-electron chi connectivity index (χ0n) is 18.1. The predicted octanol–water partition coefficient (Wildman–Crippen LogP) is 6.45. The minimum atomic E-state index is -0.00723.